The highest BCUT2D eigenvalue weighted by molar-refractivity contribution is 9.10. The first-order chi connectivity index (χ1) is 7.13. The molecular weight excluding hydrogens is 260 g/mol. The summed E-state index contributed by atoms with van der Waals surface area (Å²) < 4.78 is 5.36. The van der Waals surface area contributed by atoms with E-state index in [0.29, 0.717) is 5.71 Å². The highest BCUT2D eigenvalue weighted by Gasteiger charge is 1.99. The van der Waals surface area contributed by atoms with Crippen molar-refractivity contribution in [2.45, 2.75) is 6.92 Å². The van der Waals surface area contributed by atoms with Gasteiger partial charge < -0.3 is 4.74 Å². The maximum atomic E-state index is 10.8. The molecule has 80 valence electrons. The van der Waals surface area contributed by atoms with Crippen LogP contribution in [-0.2, 0) is 4.74 Å². The number of benzene rings is 1. The number of nitrogens with zero attached hydrogens (tertiary/aromatic N) is 1. The van der Waals surface area contributed by atoms with Gasteiger partial charge in [-0.05, 0) is 24.6 Å². The van der Waals surface area contributed by atoms with Crippen molar-refractivity contribution < 1.29 is 9.53 Å². The number of nitrogens with one attached hydrogen (secondary N) is 1. The van der Waals surface area contributed by atoms with Crippen LogP contribution in [0.1, 0.15) is 12.5 Å². The molecule has 0 saturated heterocycles. The fourth-order valence-corrected chi connectivity index (χ4v) is 1.35. The molecule has 0 radical (unpaired) electrons. The van der Waals surface area contributed by atoms with Gasteiger partial charge in [0.2, 0.25) is 0 Å². The number of hydrazone groups is 1. The SMILES string of the molecule is COC(=O)NN=C(C)c1cccc(Br)c1. The number of carbonyl (C=O) groups excluding carboxylic acids is 1. The van der Waals surface area contributed by atoms with Crippen molar-refractivity contribution in [1.82, 2.24) is 5.43 Å². The molecule has 0 aliphatic heterocycles. The summed E-state index contributed by atoms with van der Waals surface area (Å²) in [6, 6.07) is 7.64. The number of ether oxygens (including phenoxy) is 1. The third kappa shape index (κ3) is 3.71. The van der Waals surface area contributed by atoms with Gasteiger partial charge in [-0.3, -0.25) is 0 Å². The summed E-state index contributed by atoms with van der Waals surface area (Å²) in [5.74, 6) is 0. The Kier molecular flexibility index (Phi) is 4.30. The van der Waals surface area contributed by atoms with E-state index in [1.807, 2.05) is 24.3 Å². The molecule has 0 spiro atoms. The zero-order valence-corrected chi connectivity index (χ0v) is 10.0. The molecule has 0 fully saturated rings. The monoisotopic (exact) mass is 270 g/mol. The zero-order valence-electron chi connectivity index (χ0n) is 8.45. The highest BCUT2D eigenvalue weighted by atomic mass is 79.9. The number of methoxy groups -OCH3 is 1. The van der Waals surface area contributed by atoms with Crippen molar-refractivity contribution in [1.29, 1.82) is 0 Å². The van der Waals surface area contributed by atoms with Crippen LogP contribution in [-0.4, -0.2) is 18.9 Å². The molecule has 0 aliphatic rings. The van der Waals surface area contributed by atoms with Gasteiger partial charge in [0.1, 0.15) is 0 Å². The fraction of sp³-hybridized carbons (Fsp3) is 0.200. The van der Waals surface area contributed by atoms with E-state index in [-0.39, 0.29) is 0 Å². The molecule has 0 saturated carbocycles. The van der Waals surface area contributed by atoms with Gasteiger partial charge in [-0.2, -0.15) is 5.10 Å². The van der Waals surface area contributed by atoms with Gasteiger partial charge >= 0.3 is 6.09 Å². The quantitative estimate of drug-likeness (QED) is 0.663. The average molecular weight is 271 g/mol. The van der Waals surface area contributed by atoms with Crippen LogP contribution in [0.25, 0.3) is 0 Å². The number of hydrogen-bond acceptors (Lipinski definition) is 3. The lowest BCUT2D eigenvalue weighted by Crippen LogP contribution is -2.18. The van der Waals surface area contributed by atoms with Crippen LogP contribution in [0.5, 0.6) is 0 Å². The normalized spacial score (nSPS) is 11.0. The minimum absolute atomic E-state index is 0.579. The summed E-state index contributed by atoms with van der Waals surface area (Å²) in [6.45, 7) is 1.80. The molecule has 0 aliphatic carbocycles. The first-order valence-corrected chi connectivity index (χ1v) is 5.07. The largest absolute Gasteiger partial charge is 0.452 e. The molecule has 0 unspecified atom stereocenters. The van der Waals surface area contributed by atoms with E-state index >= 15 is 0 Å². The Morgan fingerprint density at radius 2 is 2.27 bits per heavy atom. The highest BCUT2D eigenvalue weighted by Crippen LogP contribution is 2.12. The van der Waals surface area contributed by atoms with E-state index in [2.05, 4.69) is 31.2 Å². The first kappa shape index (κ1) is 11.7. The molecule has 4 nitrogen and oxygen atoms in total. The molecule has 1 aromatic carbocycles. The molecule has 0 aromatic heterocycles. The number of carbonyl (C=O) groups is 1. The van der Waals surface area contributed by atoms with Crippen LogP contribution in [0, 0.1) is 0 Å². The van der Waals surface area contributed by atoms with E-state index in [1.54, 1.807) is 6.92 Å². The van der Waals surface area contributed by atoms with Crippen LogP contribution in [0.2, 0.25) is 0 Å². The maximum Gasteiger partial charge on any atom is 0.427 e. The van der Waals surface area contributed by atoms with E-state index in [0.717, 1.165) is 10.0 Å². The summed E-state index contributed by atoms with van der Waals surface area (Å²) in [4.78, 5) is 10.8. The van der Waals surface area contributed by atoms with Crippen LogP contribution in [0.15, 0.2) is 33.8 Å². The van der Waals surface area contributed by atoms with Gasteiger partial charge in [0.15, 0.2) is 0 Å². The van der Waals surface area contributed by atoms with Crippen molar-refractivity contribution >= 4 is 27.7 Å². The molecule has 0 bridgehead atoms. The molecular formula is C10H11BrN2O2. The molecule has 1 aromatic rings. The Morgan fingerprint density at radius 3 is 2.87 bits per heavy atom. The second-order valence-electron chi connectivity index (χ2n) is 2.81. The summed E-state index contributed by atoms with van der Waals surface area (Å²) >= 11 is 3.36. The van der Waals surface area contributed by atoms with Crippen LogP contribution < -0.4 is 5.43 Å². The van der Waals surface area contributed by atoms with Gasteiger partial charge in [-0.15, -0.1) is 0 Å². The number of rotatable bonds is 2. The molecule has 0 atom stereocenters. The lowest BCUT2D eigenvalue weighted by Gasteiger charge is -2.02. The van der Waals surface area contributed by atoms with Crippen molar-refractivity contribution in [3.05, 3.63) is 34.3 Å². The predicted molar refractivity (Wildman–Crippen MR) is 61.9 cm³/mol. The standard InChI is InChI=1S/C10H11BrN2O2/c1-7(12-13-10(14)15-2)8-4-3-5-9(11)6-8/h3-6H,1-2H3,(H,13,14). The summed E-state index contributed by atoms with van der Waals surface area (Å²) in [5, 5.41) is 3.88. The zero-order chi connectivity index (χ0) is 11.3. The Morgan fingerprint density at radius 1 is 1.53 bits per heavy atom. The lowest BCUT2D eigenvalue weighted by atomic mass is 10.1. The van der Waals surface area contributed by atoms with E-state index in [1.165, 1.54) is 7.11 Å². The molecule has 1 amide bonds. The van der Waals surface area contributed by atoms with Crippen molar-refractivity contribution in [2.75, 3.05) is 7.11 Å². The molecule has 0 heterocycles. The summed E-state index contributed by atoms with van der Waals surface area (Å²) in [5.41, 5.74) is 3.90. The Labute approximate surface area is 96.4 Å². The molecule has 1 rings (SSSR count). The number of halogens is 1. The van der Waals surface area contributed by atoms with Crippen LogP contribution >= 0.6 is 15.9 Å². The Balaban J connectivity index is 2.75. The first-order valence-electron chi connectivity index (χ1n) is 4.27. The maximum absolute atomic E-state index is 10.8. The van der Waals surface area contributed by atoms with Gasteiger partial charge in [-0.1, -0.05) is 28.1 Å². The lowest BCUT2D eigenvalue weighted by molar-refractivity contribution is 0.171. The third-order valence-electron chi connectivity index (χ3n) is 1.74. The molecule has 1 N–H and O–H groups in total. The van der Waals surface area contributed by atoms with Gasteiger partial charge in [0.05, 0.1) is 12.8 Å². The number of hydrogen-bond donors (Lipinski definition) is 1. The minimum atomic E-state index is -0.579. The molecule has 5 heteroatoms. The predicted octanol–water partition coefficient (Wildman–Crippen LogP) is 2.53. The van der Waals surface area contributed by atoms with Crippen LogP contribution in [0.3, 0.4) is 0 Å². The molecule has 15 heavy (non-hydrogen) atoms. The van der Waals surface area contributed by atoms with E-state index in [9.17, 15) is 4.79 Å². The van der Waals surface area contributed by atoms with Crippen molar-refractivity contribution in [3.63, 3.8) is 0 Å². The topological polar surface area (TPSA) is 50.7 Å². The summed E-state index contributed by atoms with van der Waals surface area (Å²) in [7, 11) is 1.29. The van der Waals surface area contributed by atoms with E-state index in [4.69, 9.17) is 0 Å². The summed E-state index contributed by atoms with van der Waals surface area (Å²) in [6.07, 6.45) is -0.579. The van der Waals surface area contributed by atoms with Crippen molar-refractivity contribution in [2.24, 2.45) is 5.10 Å². The minimum Gasteiger partial charge on any atom is -0.452 e. The van der Waals surface area contributed by atoms with Gasteiger partial charge in [0.25, 0.3) is 0 Å². The van der Waals surface area contributed by atoms with Crippen molar-refractivity contribution in [3.8, 4) is 0 Å². The Hall–Kier alpha value is -1.36. The number of amides is 1. The van der Waals surface area contributed by atoms with E-state index < -0.39 is 6.09 Å². The second-order valence-corrected chi connectivity index (χ2v) is 3.73. The smallest absolute Gasteiger partial charge is 0.427 e. The van der Waals surface area contributed by atoms with Crippen LogP contribution in [0.4, 0.5) is 4.79 Å². The van der Waals surface area contributed by atoms with Gasteiger partial charge in [-0.25, -0.2) is 10.2 Å². The third-order valence-corrected chi connectivity index (χ3v) is 2.24. The Bertz CT molecular complexity index is 391. The average Bonchev–Trinajstić information content (AvgIpc) is 2.25. The van der Waals surface area contributed by atoms with Gasteiger partial charge in [0, 0.05) is 4.47 Å². The second kappa shape index (κ2) is 5.50. The fourth-order valence-electron chi connectivity index (χ4n) is 0.953.